The van der Waals surface area contributed by atoms with Crippen LogP contribution in [0.25, 0.3) is 0 Å². The van der Waals surface area contributed by atoms with E-state index in [9.17, 15) is 9.18 Å². The van der Waals surface area contributed by atoms with Crippen LogP contribution in [0.4, 0.5) is 4.39 Å². The molecule has 6 heteroatoms. The minimum Gasteiger partial charge on any atom is -0.329 e. The van der Waals surface area contributed by atoms with Gasteiger partial charge in [-0.1, -0.05) is 24.3 Å². The molecular weight excluding hydrogens is 319 g/mol. The number of nitrogens with one attached hydrogen (secondary N) is 1. The smallest absolute Gasteiger partial charge is 0.274 e. The summed E-state index contributed by atoms with van der Waals surface area (Å²) in [7, 11) is 0. The largest absolute Gasteiger partial charge is 0.329 e. The number of piperidine rings is 1. The minimum atomic E-state index is -0.317. The number of halogens is 1. The fraction of sp³-hybridized carbons (Fsp3) is 0.368. The van der Waals surface area contributed by atoms with Gasteiger partial charge in [-0.3, -0.25) is 9.48 Å². The van der Waals surface area contributed by atoms with Crippen LogP contribution >= 0.6 is 0 Å². The molecule has 5 nitrogen and oxygen atoms in total. The third-order valence-corrected chi connectivity index (χ3v) is 4.43. The van der Waals surface area contributed by atoms with Gasteiger partial charge >= 0.3 is 0 Å². The Bertz CT molecular complexity index is 737. The Morgan fingerprint density at radius 3 is 3.00 bits per heavy atom. The lowest BCUT2D eigenvalue weighted by molar-refractivity contribution is 0.0754. The average Bonchev–Trinajstić information content (AvgIpc) is 3.13. The molecule has 2 heterocycles. The van der Waals surface area contributed by atoms with Gasteiger partial charge in [0.05, 0.1) is 6.04 Å². The van der Waals surface area contributed by atoms with Crippen molar-refractivity contribution in [3.05, 3.63) is 66.3 Å². The lowest BCUT2D eigenvalue weighted by Gasteiger charge is -2.23. The highest BCUT2D eigenvalue weighted by Gasteiger charge is 2.21. The van der Waals surface area contributed by atoms with Crippen LogP contribution in [0.1, 0.15) is 34.9 Å². The Morgan fingerprint density at radius 2 is 2.28 bits per heavy atom. The zero-order valence-electron chi connectivity index (χ0n) is 14.2. The normalized spacial score (nSPS) is 17.2. The molecule has 1 amide bonds. The molecule has 1 atom stereocenters. The molecule has 1 aromatic heterocycles. The highest BCUT2D eigenvalue weighted by Crippen LogP contribution is 2.17. The van der Waals surface area contributed by atoms with Crippen LogP contribution in [0.5, 0.6) is 0 Å². The van der Waals surface area contributed by atoms with Gasteiger partial charge in [-0.05, 0) is 31.5 Å². The van der Waals surface area contributed by atoms with Crippen molar-refractivity contribution in [2.24, 2.45) is 0 Å². The van der Waals surface area contributed by atoms with Gasteiger partial charge in [-0.15, -0.1) is 6.58 Å². The van der Waals surface area contributed by atoms with Crippen LogP contribution in [0.2, 0.25) is 0 Å². The molecule has 0 bridgehead atoms. The fourth-order valence-corrected chi connectivity index (χ4v) is 3.08. The van der Waals surface area contributed by atoms with E-state index in [1.165, 1.54) is 6.07 Å². The van der Waals surface area contributed by atoms with Crippen molar-refractivity contribution in [1.82, 2.24) is 20.0 Å². The van der Waals surface area contributed by atoms with Gasteiger partial charge in [0, 0.05) is 31.4 Å². The maximum atomic E-state index is 13.9. The second-order valence-electron chi connectivity index (χ2n) is 6.25. The third-order valence-electron chi connectivity index (χ3n) is 4.43. The van der Waals surface area contributed by atoms with Crippen LogP contribution in [-0.2, 0) is 6.54 Å². The Labute approximate surface area is 147 Å². The van der Waals surface area contributed by atoms with E-state index in [0.717, 1.165) is 25.9 Å². The number of hydrogen-bond acceptors (Lipinski definition) is 3. The van der Waals surface area contributed by atoms with Gasteiger partial charge in [0.15, 0.2) is 0 Å². The fourth-order valence-electron chi connectivity index (χ4n) is 3.08. The lowest BCUT2D eigenvalue weighted by atomic mass is 10.1. The number of aromatic nitrogens is 2. The van der Waals surface area contributed by atoms with Crippen LogP contribution in [0, 0.1) is 5.82 Å². The van der Waals surface area contributed by atoms with Crippen LogP contribution in [0.3, 0.4) is 0 Å². The molecule has 3 rings (SSSR count). The van der Waals surface area contributed by atoms with E-state index >= 15 is 0 Å². The van der Waals surface area contributed by atoms with Crippen molar-refractivity contribution in [3.8, 4) is 0 Å². The molecule has 1 unspecified atom stereocenters. The second-order valence-corrected chi connectivity index (χ2v) is 6.25. The van der Waals surface area contributed by atoms with Crippen molar-refractivity contribution in [3.63, 3.8) is 0 Å². The number of amides is 1. The maximum absolute atomic E-state index is 13.9. The Morgan fingerprint density at radius 1 is 1.44 bits per heavy atom. The number of benzene rings is 1. The summed E-state index contributed by atoms with van der Waals surface area (Å²) in [6.07, 6.45) is 5.64. The first-order valence-electron chi connectivity index (χ1n) is 8.58. The number of carbonyl (C=O) groups is 1. The summed E-state index contributed by atoms with van der Waals surface area (Å²) in [4.78, 5) is 14.4. The number of rotatable bonds is 6. The average molecular weight is 342 g/mol. The summed E-state index contributed by atoms with van der Waals surface area (Å²) in [5.74, 6) is -0.533. The monoisotopic (exact) mass is 342 g/mol. The summed E-state index contributed by atoms with van der Waals surface area (Å²) in [5.41, 5.74) is 0.859. The topological polar surface area (TPSA) is 50.2 Å². The molecule has 0 radical (unpaired) electrons. The molecule has 2 aromatic rings. The van der Waals surface area contributed by atoms with Gasteiger partial charge in [0.2, 0.25) is 0 Å². The summed E-state index contributed by atoms with van der Waals surface area (Å²) >= 11 is 0. The number of carbonyl (C=O) groups excluding carboxylic acids is 1. The molecule has 25 heavy (non-hydrogen) atoms. The molecule has 1 fully saturated rings. The molecule has 0 aliphatic carbocycles. The molecule has 1 aromatic carbocycles. The Kier molecular flexibility index (Phi) is 5.60. The highest BCUT2D eigenvalue weighted by molar-refractivity contribution is 5.92. The summed E-state index contributed by atoms with van der Waals surface area (Å²) in [6.45, 7) is 6.11. The van der Waals surface area contributed by atoms with Gasteiger partial charge in [0.25, 0.3) is 5.91 Å². The van der Waals surface area contributed by atoms with Crippen molar-refractivity contribution < 1.29 is 9.18 Å². The predicted molar refractivity (Wildman–Crippen MR) is 94.7 cm³/mol. The third kappa shape index (κ3) is 4.14. The molecular formula is C19H23FN4O. The number of nitrogens with zero attached hydrogens (tertiary/aromatic N) is 3. The molecule has 1 N–H and O–H groups in total. The van der Waals surface area contributed by atoms with Crippen molar-refractivity contribution in [2.45, 2.75) is 25.4 Å². The Hall–Kier alpha value is -2.47. The van der Waals surface area contributed by atoms with Gasteiger partial charge in [-0.25, -0.2) is 4.39 Å². The predicted octanol–water partition coefficient (Wildman–Crippen LogP) is 2.78. The molecule has 132 valence electrons. The van der Waals surface area contributed by atoms with Gasteiger partial charge in [0.1, 0.15) is 11.5 Å². The van der Waals surface area contributed by atoms with Crippen molar-refractivity contribution in [2.75, 3.05) is 19.6 Å². The van der Waals surface area contributed by atoms with E-state index < -0.39 is 0 Å². The van der Waals surface area contributed by atoms with Crippen LogP contribution in [-0.4, -0.2) is 40.2 Å². The van der Waals surface area contributed by atoms with Crippen LogP contribution < -0.4 is 5.32 Å². The summed E-state index contributed by atoms with van der Waals surface area (Å²) in [6, 6.07) is 8.49. The first-order valence-corrected chi connectivity index (χ1v) is 8.58. The molecule has 0 saturated carbocycles. The molecule has 1 aliphatic rings. The van der Waals surface area contributed by atoms with E-state index in [0.29, 0.717) is 17.8 Å². The lowest BCUT2D eigenvalue weighted by Crippen LogP contribution is -2.33. The van der Waals surface area contributed by atoms with E-state index in [1.807, 2.05) is 10.9 Å². The Balaban J connectivity index is 1.75. The summed E-state index contributed by atoms with van der Waals surface area (Å²) in [5, 5.41) is 7.80. The SMILES string of the molecule is C=CCN(Cc1ccccc1F)C(=O)c1ccn(C2CCCNC2)n1. The zero-order chi connectivity index (χ0) is 17.6. The van der Waals surface area contributed by atoms with Crippen molar-refractivity contribution >= 4 is 5.91 Å². The van der Waals surface area contributed by atoms with E-state index in [-0.39, 0.29) is 24.3 Å². The summed E-state index contributed by atoms with van der Waals surface area (Å²) < 4.78 is 15.8. The van der Waals surface area contributed by atoms with Gasteiger partial charge in [-0.2, -0.15) is 5.10 Å². The second kappa shape index (κ2) is 8.07. The van der Waals surface area contributed by atoms with Crippen molar-refractivity contribution in [1.29, 1.82) is 0 Å². The first kappa shape index (κ1) is 17.4. The zero-order valence-corrected chi connectivity index (χ0v) is 14.2. The standard InChI is InChI=1S/C19H23FN4O/c1-2-11-23(14-15-6-3-4-8-17(15)20)19(25)18-9-12-24(22-18)16-7-5-10-21-13-16/h2-4,6,8-9,12,16,21H,1,5,7,10-11,13-14H2. The highest BCUT2D eigenvalue weighted by atomic mass is 19.1. The van der Waals surface area contributed by atoms with Gasteiger partial charge < -0.3 is 10.2 Å². The van der Waals surface area contributed by atoms with Crippen LogP contribution in [0.15, 0.2) is 49.2 Å². The molecule has 0 spiro atoms. The minimum absolute atomic E-state index is 0.190. The van der Waals surface area contributed by atoms with E-state index in [4.69, 9.17) is 0 Å². The van der Waals surface area contributed by atoms with E-state index in [2.05, 4.69) is 17.0 Å². The molecule has 1 saturated heterocycles. The number of hydrogen-bond donors (Lipinski definition) is 1. The first-order chi connectivity index (χ1) is 12.2. The maximum Gasteiger partial charge on any atom is 0.274 e. The molecule has 1 aliphatic heterocycles. The van der Waals surface area contributed by atoms with E-state index in [1.54, 1.807) is 35.2 Å². The quantitative estimate of drug-likeness (QED) is 0.821.